The third kappa shape index (κ3) is 6.31. The zero-order valence-electron chi connectivity index (χ0n) is 18.9. The average molecular weight is 500 g/mol. The van der Waals surface area contributed by atoms with Crippen LogP contribution in [0.2, 0.25) is 0 Å². The highest BCUT2D eigenvalue weighted by Gasteiger charge is 2.31. The van der Waals surface area contributed by atoms with E-state index < -0.39 is 26.1 Å². The smallest absolute Gasteiger partial charge is 0.304 e. The molecule has 0 unspecified atom stereocenters. The largest absolute Gasteiger partial charge is 0.431 e. The Bertz CT molecular complexity index is 1210. The number of nitrogens with zero attached hydrogens (tertiary/aromatic N) is 3. The topological polar surface area (TPSA) is 142 Å². The Kier molecular flexibility index (Phi) is 7.77. The summed E-state index contributed by atoms with van der Waals surface area (Å²) in [6, 6.07) is 5.84. The van der Waals surface area contributed by atoms with Gasteiger partial charge in [0.05, 0.1) is 5.75 Å². The summed E-state index contributed by atoms with van der Waals surface area (Å²) < 4.78 is 59.7. The number of rotatable bonds is 8. The van der Waals surface area contributed by atoms with Gasteiger partial charge in [-0.15, -0.1) is 0 Å². The van der Waals surface area contributed by atoms with E-state index in [-0.39, 0.29) is 43.6 Å². The van der Waals surface area contributed by atoms with Crippen LogP contribution in [0.4, 0.5) is 11.7 Å². The Hall–Kier alpha value is -2.48. The van der Waals surface area contributed by atoms with Gasteiger partial charge >= 0.3 is 10.2 Å². The molecule has 2 aromatic rings. The van der Waals surface area contributed by atoms with Gasteiger partial charge in [-0.25, -0.2) is 17.4 Å². The summed E-state index contributed by atoms with van der Waals surface area (Å²) in [7, 11) is -7.61. The first-order valence-electron chi connectivity index (χ1n) is 10.6. The summed E-state index contributed by atoms with van der Waals surface area (Å²) in [6.45, 7) is 5.92. The molecule has 1 aromatic carbocycles. The maximum absolute atomic E-state index is 12.7. The van der Waals surface area contributed by atoms with Crippen LogP contribution in [-0.2, 0) is 20.2 Å². The number of hydrogen-bond donors (Lipinski definition) is 2. The molecule has 33 heavy (non-hydrogen) atoms. The number of amides is 1. The fraction of sp³-hybridized carbons (Fsp3) is 0.500. The summed E-state index contributed by atoms with van der Waals surface area (Å²) in [6.07, 6.45) is 1.88. The van der Waals surface area contributed by atoms with Gasteiger partial charge in [0, 0.05) is 31.9 Å². The summed E-state index contributed by atoms with van der Waals surface area (Å²) in [5.74, 6) is -0.923. The monoisotopic (exact) mass is 499 g/mol. The minimum atomic E-state index is -4.19. The number of aromatic nitrogens is 1. The molecule has 0 atom stereocenters. The van der Waals surface area contributed by atoms with Crippen molar-refractivity contribution in [3.8, 4) is 0 Å². The van der Waals surface area contributed by atoms with Crippen molar-refractivity contribution in [2.45, 2.75) is 33.6 Å². The second-order valence-corrected chi connectivity index (χ2v) is 11.6. The second kappa shape index (κ2) is 10.2. The Balaban J connectivity index is 1.64. The number of hydrogen-bond acceptors (Lipinski definition) is 8. The van der Waals surface area contributed by atoms with E-state index in [1.54, 1.807) is 6.92 Å². The van der Waals surface area contributed by atoms with Crippen molar-refractivity contribution in [1.29, 1.82) is 0 Å². The van der Waals surface area contributed by atoms with Crippen LogP contribution >= 0.6 is 0 Å². The lowest BCUT2D eigenvalue weighted by atomic mass is 10.1. The van der Waals surface area contributed by atoms with Crippen LogP contribution < -0.4 is 10.0 Å². The quantitative estimate of drug-likeness (QED) is 0.559. The Labute approximate surface area is 194 Å². The molecule has 0 radical (unpaired) electrons. The van der Waals surface area contributed by atoms with Crippen LogP contribution in [-0.4, -0.2) is 68.3 Å². The van der Waals surface area contributed by atoms with Crippen molar-refractivity contribution in [2.24, 2.45) is 0 Å². The van der Waals surface area contributed by atoms with Crippen molar-refractivity contribution < 1.29 is 26.0 Å². The molecule has 1 saturated heterocycles. The van der Waals surface area contributed by atoms with Gasteiger partial charge in [0.2, 0.25) is 10.0 Å². The number of anilines is 2. The molecule has 1 aliphatic heterocycles. The summed E-state index contributed by atoms with van der Waals surface area (Å²) >= 11 is 0. The van der Waals surface area contributed by atoms with Crippen molar-refractivity contribution >= 4 is 37.8 Å². The van der Waals surface area contributed by atoms with Crippen LogP contribution in [0.15, 0.2) is 28.9 Å². The van der Waals surface area contributed by atoms with Gasteiger partial charge in [-0.2, -0.15) is 17.7 Å². The minimum absolute atomic E-state index is 0.0150. The molecule has 1 aliphatic rings. The highest BCUT2D eigenvalue weighted by Crippen LogP contribution is 2.21. The van der Waals surface area contributed by atoms with Crippen LogP contribution in [0.3, 0.4) is 0 Å². The third-order valence-electron chi connectivity index (χ3n) is 5.20. The molecule has 0 saturated carbocycles. The lowest BCUT2D eigenvalue weighted by molar-refractivity contribution is 0.0974. The third-order valence-corrected chi connectivity index (χ3v) is 8.77. The molecule has 11 nitrogen and oxygen atoms in total. The van der Waals surface area contributed by atoms with Crippen LogP contribution in [0.1, 0.15) is 41.4 Å². The maximum Gasteiger partial charge on any atom is 0.304 e. The van der Waals surface area contributed by atoms with Crippen molar-refractivity contribution in [3.05, 3.63) is 41.3 Å². The first-order chi connectivity index (χ1) is 15.5. The molecule has 13 heteroatoms. The number of carbonyl (C=O) groups is 1. The second-order valence-electron chi connectivity index (χ2n) is 7.89. The van der Waals surface area contributed by atoms with E-state index in [1.807, 2.05) is 36.8 Å². The molecular formula is C20H29N5O6S2. The summed E-state index contributed by atoms with van der Waals surface area (Å²) in [4.78, 5) is 16.5. The van der Waals surface area contributed by atoms with E-state index in [9.17, 15) is 21.6 Å². The van der Waals surface area contributed by atoms with Crippen LogP contribution in [0, 0.1) is 13.8 Å². The normalized spacial score (nSPS) is 16.3. The fourth-order valence-corrected chi connectivity index (χ4v) is 6.13. The van der Waals surface area contributed by atoms with E-state index in [0.717, 1.165) is 27.4 Å². The number of sulfonamides is 1. The predicted octanol–water partition coefficient (Wildman–Crippen LogP) is 1.76. The zero-order chi connectivity index (χ0) is 24.2. The lowest BCUT2D eigenvalue weighted by Crippen LogP contribution is -2.45. The summed E-state index contributed by atoms with van der Waals surface area (Å²) in [5, 5.41) is 2.97. The number of carbonyl (C=O) groups excluding carboxylic acids is 1. The first-order valence-corrected chi connectivity index (χ1v) is 13.7. The summed E-state index contributed by atoms with van der Waals surface area (Å²) in [5.41, 5.74) is 2.53. The number of aryl methyl sites for hydroxylation is 2. The van der Waals surface area contributed by atoms with Crippen molar-refractivity contribution in [2.75, 3.05) is 37.2 Å². The van der Waals surface area contributed by atoms with Gasteiger partial charge in [0.25, 0.3) is 11.9 Å². The van der Waals surface area contributed by atoms with E-state index in [1.165, 1.54) is 4.31 Å². The van der Waals surface area contributed by atoms with E-state index in [4.69, 9.17) is 4.42 Å². The fourth-order valence-electron chi connectivity index (χ4n) is 3.43. The van der Waals surface area contributed by atoms with Gasteiger partial charge in [0.1, 0.15) is 6.26 Å². The molecule has 1 fully saturated rings. The molecule has 1 aromatic heterocycles. The molecule has 0 bridgehead atoms. The standard InChI is InChI=1S/C20H29N5O6S2/c1-4-12-32(27,28)24-8-5-9-25(11-10-24)33(29,30)23-19(26)18-14-31-20(22-18)21-17-13-15(2)6-7-16(17)3/h6-7,13-14H,4-5,8-12H2,1-3H3,(H,21,22)(H,23,26). The van der Waals surface area contributed by atoms with Gasteiger partial charge in [-0.3, -0.25) is 4.79 Å². The molecule has 182 valence electrons. The lowest BCUT2D eigenvalue weighted by Gasteiger charge is -2.21. The highest BCUT2D eigenvalue weighted by atomic mass is 32.2. The Morgan fingerprint density at radius 2 is 1.79 bits per heavy atom. The SMILES string of the molecule is CCCS(=O)(=O)N1CCCN(S(=O)(=O)NC(=O)c2coc(Nc3cc(C)ccc3C)n2)CC1. The molecule has 1 amide bonds. The predicted molar refractivity (Wildman–Crippen MR) is 124 cm³/mol. The minimum Gasteiger partial charge on any atom is -0.431 e. The van der Waals surface area contributed by atoms with Crippen LogP contribution in [0.25, 0.3) is 0 Å². The van der Waals surface area contributed by atoms with Crippen molar-refractivity contribution in [1.82, 2.24) is 18.3 Å². The first kappa shape index (κ1) is 25.1. The van der Waals surface area contributed by atoms with E-state index in [2.05, 4.69) is 10.3 Å². The van der Waals surface area contributed by atoms with E-state index in [0.29, 0.717) is 12.8 Å². The van der Waals surface area contributed by atoms with Gasteiger partial charge in [0.15, 0.2) is 5.69 Å². The number of oxazole rings is 1. The molecule has 0 spiro atoms. The zero-order valence-corrected chi connectivity index (χ0v) is 20.5. The van der Waals surface area contributed by atoms with Crippen molar-refractivity contribution in [3.63, 3.8) is 0 Å². The van der Waals surface area contributed by atoms with E-state index >= 15 is 0 Å². The van der Waals surface area contributed by atoms with Crippen LogP contribution in [0.5, 0.6) is 0 Å². The molecular weight excluding hydrogens is 470 g/mol. The molecule has 2 heterocycles. The number of nitrogens with one attached hydrogen (secondary N) is 2. The van der Waals surface area contributed by atoms with Gasteiger partial charge in [-0.05, 0) is 43.9 Å². The van der Waals surface area contributed by atoms with Gasteiger partial charge < -0.3 is 9.73 Å². The number of benzene rings is 1. The molecule has 3 rings (SSSR count). The average Bonchev–Trinajstić information content (AvgIpc) is 3.03. The highest BCUT2D eigenvalue weighted by molar-refractivity contribution is 7.89. The Morgan fingerprint density at radius 1 is 1.09 bits per heavy atom. The maximum atomic E-state index is 12.7. The molecule has 2 N–H and O–H groups in total. The molecule has 0 aliphatic carbocycles. The van der Waals surface area contributed by atoms with Gasteiger partial charge in [-0.1, -0.05) is 19.1 Å². The Morgan fingerprint density at radius 3 is 2.52 bits per heavy atom.